The highest BCUT2D eigenvalue weighted by atomic mass is 16.7. The van der Waals surface area contributed by atoms with E-state index in [1.54, 1.807) is 0 Å². The Morgan fingerprint density at radius 2 is 1.40 bits per heavy atom. The quantitative estimate of drug-likeness (QED) is 0.159. The highest BCUT2D eigenvalue weighted by Gasteiger charge is 2.47. The first-order valence-corrected chi connectivity index (χ1v) is 12.9. The van der Waals surface area contributed by atoms with Crippen LogP contribution in [-0.2, 0) is 14.2 Å². The lowest BCUT2D eigenvalue weighted by molar-refractivity contribution is -0.318. The Hall–Kier alpha value is -3.51. The lowest BCUT2D eigenvalue weighted by atomic mass is 9.98. The maximum Gasteiger partial charge on any atom is 0.239 e. The van der Waals surface area contributed by atoms with Gasteiger partial charge in [-0.3, -0.25) is 4.79 Å². The fraction of sp³-hybridized carbons (Fsp3) is 0.444. The number of fused-ring (bicyclic) bond motifs is 1. The minimum Gasteiger partial charge on any atom is -0.508 e. The van der Waals surface area contributed by atoms with E-state index in [1.165, 1.54) is 31.2 Å². The van der Waals surface area contributed by atoms with E-state index in [2.05, 4.69) is 0 Å². The molecule has 15 heteroatoms. The van der Waals surface area contributed by atoms with Crippen LogP contribution in [0.3, 0.4) is 0 Å². The molecule has 0 spiro atoms. The lowest BCUT2D eigenvalue weighted by Crippen LogP contribution is -2.61. The number of hydrogen-bond acceptors (Lipinski definition) is 15. The molecule has 0 unspecified atom stereocenters. The summed E-state index contributed by atoms with van der Waals surface area (Å²) < 4.78 is 28.0. The number of benzene rings is 2. The van der Waals surface area contributed by atoms with E-state index in [0.29, 0.717) is 0 Å². The molecular formula is C27H30O15. The number of rotatable bonds is 6. The highest BCUT2D eigenvalue weighted by molar-refractivity contribution is 5.88. The summed E-state index contributed by atoms with van der Waals surface area (Å²) in [7, 11) is 0. The topological polar surface area (TPSA) is 249 Å². The summed E-state index contributed by atoms with van der Waals surface area (Å²) in [5.41, 5.74) is -0.956. The van der Waals surface area contributed by atoms with E-state index >= 15 is 0 Å². The molecule has 5 rings (SSSR count). The van der Waals surface area contributed by atoms with Gasteiger partial charge in [0.2, 0.25) is 17.5 Å². The number of aliphatic hydroxyl groups excluding tert-OH is 6. The summed E-state index contributed by atoms with van der Waals surface area (Å²) >= 11 is 0. The Morgan fingerprint density at radius 1 is 0.762 bits per heavy atom. The molecule has 2 aliphatic heterocycles. The van der Waals surface area contributed by atoms with Crippen LogP contribution < -0.4 is 10.2 Å². The molecule has 0 radical (unpaired) electrons. The molecule has 0 saturated carbocycles. The first kappa shape index (κ1) is 30.0. The average Bonchev–Trinajstić information content (AvgIpc) is 2.95. The van der Waals surface area contributed by atoms with Crippen LogP contribution in [0.2, 0.25) is 0 Å². The normalized spacial score (nSPS) is 33.5. The van der Waals surface area contributed by atoms with Gasteiger partial charge in [0.05, 0.1) is 12.7 Å². The van der Waals surface area contributed by atoms with Crippen molar-refractivity contribution in [1.29, 1.82) is 0 Å². The van der Waals surface area contributed by atoms with Crippen molar-refractivity contribution in [2.24, 2.45) is 0 Å². The summed E-state index contributed by atoms with van der Waals surface area (Å²) in [6.07, 6.45) is -15.8. The number of hydrogen-bond donors (Lipinski definition) is 9. The number of phenolic OH excluding ortho intramolecular Hbond substituents is 3. The number of ether oxygens (including phenoxy) is 4. The van der Waals surface area contributed by atoms with Gasteiger partial charge >= 0.3 is 0 Å². The number of phenols is 3. The van der Waals surface area contributed by atoms with Crippen LogP contribution in [0.25, 0.3) is 22.3 Å². The summed E-state index contributed by atoms with van der Waals surface area (Å²) in [5.74, 6) is -1.97. The van der Waals surface area contributed by atoms with Gasteiger partial charge in [-0.25, -0.2) is 0 Å². The lowest BCUT2D eigenvalue weighted by Gasteiger charge is -2.42. The Bertz CT molecular complexity index is 1470. The largest absolute Gasteiger partial charge is 0.508 e. The smallest absolute Gasteiger partial charge is 0.239 e. The first-order valence-electron chi connectivity index (χ1n) is 12.9. The molecule has 0 bridgehead atoms. The predicted octanol–water partition coefficient (Wildman–Crippen LogP) is -1.39. The second-order valence-electron chi connectivity index (χ2n) is 10.1. The van der Waals surface area contributed by atoms with E-state index in [-0.39, 0.29) is 28.0 Å². The number of aromatic hydroxyl groups is 3. The maximum absolute atomic E-state index is 13.5. The maximum atomic E-state index is 13.5. The average molecular weight is 595 g/mol. The Kier molecular flexibility index (Phi) is 8.30. The van der Waals surface area contributed by atoms with Gasteiger partial charge in [0.15, 0.2) is 12.1 Å². The summed E-state index contributed by atoms with van der Waals surface area (Å²) in [6.45, 7) is 0.866. The van der Waals surface area contributed by atoms with Crippen molar-refractivity contribution in [3.05, 3.63) is 46.6 Å². The Morgan fingerprint density at radius 3 is 2.10 bits per heavy atom. The van der Waals surface area contributed by atoms with Gasteiger partial charge in [-0.05, 0) is 31.2 Å². The molecule has 0 amide bonds. The monoisotopic (exact) mass is 594 g/mol. The van der Waals surface area contributed by atoms with Crippen LogP contribution in [0.4, 0.5) is 0 Å². The molecular weight excluding hydrogens is 564 g/mol. The molecule has 15 nitrogen and oxygen atoms in total. The van der Waals surface area contributed by atoms with Crippen molar-refractivity contribution in [2.75, 3.05) is 6.61 Å². The fourth-order valence-corrected chi connectivity index (χ4v) is 4.79. The van der Waals surface area contributed by atoms with Crippen LogP contribution in [-0.4, -0.2) is 114 Å². The molecule has 9 N–H and O–H groups in total. The van der Waals surface area contributed by atoms with E-state index in [0.717, 1.165) is 12.1 Å². The summed E-state index contributed by atoms with van der Waals surface area (Å²) in [5, 5.41) is 91.4. The summed E-state index contributed by atoms with van der Waals surface area (Å²) in [4.78, 5) is 13.5. The molecule has 228 valence electrons. The zero-order valence-corrected chi connectivity index (χ0v) is 21.9. The van der Waals surface area contributed by atoms with Gasteiger partial charge in [-0.15, -0.1) is 0 Å². The standard InChI is InChI=1S/C27H30O15/c1-9-17(31)20(34)22(36)26(39-9)38-8-15-18(32)21(35)23(37)27(41-15)42-25-19(33)16-13(30)6-12(29)7-14(16)40-24(25)10-2-4-11(28)5-3-10/h2-7,9,15,17-18,20-23,26-32,34-37H,8H2,1H3/t9-,15-,17-,18+,20+,21+,22-,23-,26+,27-/m0/s1. The molecule has 2 saturated heterocycles. The van der Waals surface area contributed by atoms with Crippen LogP contribution in [0, 0.1) is 0 Å². The van der Waals surface area contributed by atoms with Gasteiger partial charge in [-0.2, -0.15) is 0 Å². The van der Waals surface area contributed by atoms with Crippen molar-refractivity contribution in [3.8, 4) is 34.3 Å². The van der Waals surface area contributed by atoms with E-state index in [9.17, 15) is 50.8 Å². The van der Waals surface area contributed by atoms with E-state index in [4.69, 9.17) is 23.4 Å². The molecule has 0 aliphatic carbocycles. The summed E-state index contributed by atoms with van der Waals surface area (Å²) in [6, 6.07) is 7.33. The molecule has 2 fully saturated rings. The second kappa shape index (κ2) is 11.6. The van der Waals surface area contributed by atoms with Crippen LogP contribution in [0.5, 0.6) is 23.0 Å². The van der Waals surface area contributed by atoms with E-state index < -0.39 is 90.7 Å². The van der Waals surface area contributed by atoms with Crippen molar-refractivity contribution in [3.63, 3.8) is 0 Å². The number of aliphatic hydroxyl groups is 6. The van der Waals surface area contributed by atoms with Gasteiger partial charge < -0.3 is 69.3 Å². The van der Waals surface area contributed by atoms with Crippen LogP contribution >= 0.6 is 0 Å². The molecule has 10 atom stereocenters. The molecule has 42 heavy (non-hydrogen) atoms. The first-order chi connectivity index (χ1) is 19.9. The van der Waals surface area contributed by atoms with Crippen molar-refractivity contribution < 1.29 is 69.3 Å². The highest BCUT2D eigenvalue weighted by Crippen LogP contribution is 2.37. The Labute approximate surface area is 236 Å². The third-order valence-corrected chi connectivity index (χ3v) is 7.18. The molecule has 2 aromatic carbocycles. The third-order valence-electron chi connectivity index (χ3n) is 7.18. The predicted molar refractivity (Wildman–Crippen MR) is 139 cm³/mol. The molecule has 2 aliphatic rings. The van der Waals surface area contributed by atoms with Crippen molar-refractivity contribution >= 4 is 11.0 Å². The minimum atomic E-state index is -1.92. The van der Waals surface area contributed by atoms with Crippen molar-refractivity contribution in [1.82, 2.24) is 0 Å². The van der Waals surface area contributed by atoms with Gasteiger partial charge in [0.25, 0.3) is 0 Å². The van der Waals surface area contributed by atoms with Crippen LogP contribution in [0.1, 0.15) is 6.92 Å². The molecule has 3 aromatic rings. The minimum absolute atomic E-state index is 0.103. The zero-order chi connectivity index (χ0) is 30.5. The van der Waals surface area contributed by atoms with Crippen molar-refractivity contribution in [2.45, 2.75) is 68.3 Å². The van der Waals surface area contributed by atoms with Crippen LogP contribution in [0.15, 0.2) is 45.6 Å². The zero-order valence-electron chi connectivity index (χ0n) is 21.9. The molecule has 3 heterocycles. The van der Waals surface area contributed by atoms with E-state index in [1.807, 2.05) is 0 Å². The van der Waals surface area contributed by atoms with Gasteiger partial charge in [-0.1, -0.05) is 0 Å². The van der Waals surface area contributed by atoms with Gasteiger partial charge in [0, 0.05) is 17.7 Å². The Balaban J connectivity index is 1.46. The SMILES string of the molecule is C[C@@H]1O[C@@H](OC[C@@H]2O[C@@H](Oc3c(-c4ccc(O)cc4)oc4cc(O)cc(O)c4c3=O)[C@@H](O)[C@H](O)[C@@H]2O)[C@@H](O)[C@H](O)[C@H]1O. The van der Waals surface area contributed by atoms with Gasteiger partial charge in [0.1, 0.15) is 70.9 Å². The third kappa shape index (κ3) is 5.49. The molecule has 1 aromatic heterocycles. The second-order valence-corrected chi connectivity index (χ2v) is 10.1. The fourth-order valence-electron chi connectivity index (χ4n) is 4.79.